The van der Waals surface area contributed by atoms with Crippen molar-refractivity contribution in [3.05, 3.63) is 36.4 Å². The number of nitrogens with two attached hydrogens (primary N) is 1. The molecule has 2 rings (SSSR count). The molecule has 0 spiro atoms. The summed E-state index contributed by atoms with van der Waals surface area (Å²) in [5.74, 6) is -0.252. The van der Waals surface area contributed by atoms with Crippen LogP contribution in [0.25, 0.3) is 0 Å². The lowest BCUT2D eigenvalue weighted by Gasteiger charge is -2.04. The van der Waals surface area contributed by atoms with Gasteiger partial charge in [0.2, 0.25) is 0 Å². The summed E-state index contributed by atoms with van der Waals surface area (Å²) in [6, 6.07) is 3.16. The van der Waals surface area contributed by atoms with Gasteiger partial charge in [-0.25, -0.2) is 0 Å². The van der Waals surface area contributed by atoms with Gasteiger partial charge in [-0.2, -0.15) is 0 Å². The lowest BCUT2D eigenvalue weighted by atomic mass is 10.3. The third-order valence-electron chi connectivity index (χ3n) is 2.12. The fourth-order valence-corrected chi connectivity index (χ4v) is 1.30. The number of pyridine rings is 1. The molecule has 7 nitrogen and oxygen atoms in total. The molecule has 0 aliphatic heterocycles. The summed E-state index contributed by atoms with van der Waals surface area (Å²) < 4.78 is 1.63. The Labute approximate surface area is 97.6 Å². The third kappa shape index (κ3) is 3.00. The van der Waals surface area contributed by atoms with Gasteiger partial charge in [0.1, 0.15) is 5.69 Å². The van der Waals surface area contributed by atoms with E-state index in [-0.39, 0.29) is 5.91 Å². The largest absolute Gasteiger partial charge is 0.399 e. The Kier molecular flexibility index (Phi) is 3.29. The number of hydrogen-bond acceptors (Lipinski definition) is 5. The molecule has 0 unspecified atom stereocenters. The van der Waals surface area contributed by atoms with Gasteiger partial charge in [-0.05, 0) is 12.1 Å². The Morgan fingerprint density at radius 3 is 3.06 bits per heavy atom. The maximum Gasteiger partial charge on any atom is 0.270 e. The number of nitrogens with one attached hydrogen (secondary N) is 1. The van der Waals surface area contributed by atoms with Crippen LogP contribution in [0.2, 0.25) is 0 Å². The first-order valence-corrected chi connectivity index (χ1v) is 5.09. The Bertz CT molecular complexity index is 495. The molecule has 17 heavy (non-hydrogen) atoms. The Morgan fingerprint density at radius 2 is 2.35 bits per heavy atom. The number of carbonyl (C=O) groups excluding carboxylic acids is 1. The van der Waals surface area contributed by atoms with E-state index in [1.165, 1.54) is 12.3 Å². The van der Waals surface area contributed by atoms with Crippen molar-refractivity contribution in [3.63, 3.8) is 0 Å². The van der Waals surface area contributed by atoms with Gasteiger partial charge in [0, 0.05) is 24.6 Å². The zero-order valence-corrected chi connectivity index (χ0v) is 9.08. The van der Waals surface area contributed by atoms with Crippen LogP contribution < -0.4 is 11.1 Å². The molecule has 3 N–H and O–H groups in total. The minimum absolute atomic E-state index is 0.252. The smallest absolute Gasteiger partial charge is 0.270 e. The van der Waals surface area contributed by atoms with Gasteiger partial charge in [0.05, 0.1) is 12.7 Å². The predicted molar refractivity (Wildman–Crippen MR) is 61.0 cm³/mol. The number of nitrogens with zero attached hydrogens (tertiary/aromatic N) is 4. The molecule has 0 saturated carbocycles. The Balaban J connectivity index is 1.85. The van der Waals surface area contributed by atoms with Crippen molar-refractivity contribution >= 4 is 11.6 Å². The highest BCUT2D eigenvalue weighted by atomic mass is 16.1. The van der Waals surface area contributed by atoms with Gasteiger partial charge in [-0.3, -0.25) is 14.5 Å². The van der Waals surface area contributed by atoms with Gasteiger partial charge in [0.15, 0.2) is 0 Å². The third-order valence-corrected chi connectivity index (χ3v) is 2.12. The lowest BCUT2D eigenvalue weighted by molar-refractivity contribution is 0.0947. The molecule has 0 atom stereocenters. The molecule has 88 valence electrons. The van der Waals surface area contributed by atoms with Gasteiger partial charge in [0.25, 0.3) is 5.91 Å². The summed E-state index contributed by atoms with van der Waals surface area (Å²) in [6.45, 7) is 1.02. The van der Waals surface area contributed by atoms with Crippen molar-refractivity contribution in [2.75, 3.05) is 12.3 Å². The molecule has 2 aromatic rings. The van der Waals surface area contributed by atoms with E-state index >= 15 is 0 Å². The molecule has 2 heterocycles. The predicted octanol–water partition coefficient (Wildman–Crippen LogP) is -0.315. The van der Waals surface area contributed by atoms with Gasteiger partial charge < -0.3 is 11.1 Å². The van der Waals surface area contributed by atoms with Crippen LogP contribution in [0.3, 0.4) is 0 Å². The fourth-order valence-electron chi connectivity index (χ4n) is 1.30. The van der Waals surface area contributed by atoms with Gasteiger partial charge in [-0.15, -0.1) is 5.10 Å². The highest BCUT2D eigenvalue weighted by molar-refractivity contribution is 5.92. The van der Waals surface area contributed by atoms with E-state index in [1.54, 1.807) is 23.1 Å². The highest BCUT2D eigenvalue weighted by Crippen LogP contribution is 2.02. The molecule has 0 aliphatic carbocycles. The van der Waals surface area contributed by atoms with Crippen LogP contribution in [-0.2, 0) is 6.54 Å². The van der Waals surface area contributed by atoms with Crippen molar-refractivity contribution in [3.8, 4) is 0 Å². The fraction of sp³-hybridized carbons (Fsp3) is 0.200. The zero-order valence-electron chi connectivity index (χ0n) is 9.08. The van der Waals surface area contributed by atoms with Crippen molar-refractivity contribution in [1.82, 2.24) is 25.3 Å². The van der Waals surface area contributed by atoms with Crippen LogP contribution >= 0.6 is 0 Å². The normalized spacial score (nSPS) is 10.1. The first kappa shape index (κ1) is 11.1. The van der Waals surface area contributed by atoms with Crippen LogP contribution in [0.15, 0.2) is 30.7 Å². The molecular weight excluding hydrogens is 220 g/mol. The SMILES string of the molecule is Nc1ccnc(C(=O)NCCn2ccnn2)c1. The Hall–Kier alpha value is -2.44. The zero-order chi connectivity index (χ0) is 12.1. The quantitative estimate of drug-likeness (QED) is 0.753. The summed E-state index contributed by atoms with van der Waals surface area (Å²) in [5.41, 5.74) is 6.38. The number of nitrogen functional groups attached to an aromatic ring is 1. The molecular formula is C10H12N6O. The van der Waals surface area contributed by atoms with Crippen molar-refractivity contribution in [2.45, 2.75) is 6.54 Å². The molecule has 0 fully saturated rings. The summed E-state index contributed by atoms with van der Waals surface area (Å²) in [5, 5.41) is 10.2. The Morgan fingerprint density at radius 1 is 1.47 bits per heavy atom. The second kappa shape index (κ2) is 5.06. The summed E-state index contributed by atoms with van der Waals surface area (Å²) in [7, 11) is 0. The minimum Gasteiger partial charge on any atom is -0.399 e. The molecule has 0 bridgehead atoms. The molecule has 7 heteroatoms. The van der Waals surface area contributed by atoms with E-state index in [9.17, 15) is 4.79 Å². The molecule has 2 aromatic heterocycles. The summed E-state index contributed by atoms with van der Waals surface area (Å²) in [4.78, 5) is 15.6. The molecule has 0 aliphatic rings. The highest BCUT2D eigenvalue weighted by Gasteiger charge is 2.06. The standard InChI is InChI=1S/C10H12N6O/c11-8-1-2-12-9(7-8)10(17)13-3-5-16-6-4-14-15-16/h1-2,4,6-7H,3,5H2,(H2,11,12)(H,13,17). The van der Waals surface area contributed by atoms with Crippen LogP contribution in [-0.4, -0.2) is 32.4 Å². The van der Waals surface area contributed by atoms with Crippen LogP contribution in [0, 0.1) is 0 Å². The van der Waals surface area contributed by atoms with Crippen molar-refractivity contribution < 1.29 is 4.79 Å². The number of aromatic nitrogens is 4. The average molecular weight is 232 g/mol. The van der Waals surface area contributed by atoms with Gasteiger partial charge in [-0.1, -0.05) is 5.21 Å². The second-order valence-electron chi connectivity index (χ2n) is 3.40. The van der Waals surface area contributed by atoms with E-state index < -0.39 is 0 Å². The van der Waals surface area contributed by atoms with E-state index in [0.717, 1.165) is 0 Å². The summed E-state index contributed by atoms with van der Waals surface area (Å²) in [6.07, 6.45) is 4.81. The minimum atomic E-state index is -0.252. The topological polar surface area (TPSA) is 98.7 Å². The number of anilines is 1. The van der Waals surface area contributed by atoms with Crippen molar-refractivity contribution in [1.29, 1.82) is 0 Å². The van der Waals surface area contributed by atoms with E-state index in [4.69, 9.17) is 5.73 Å². The summed E-state index contributed by atoms with van der Waals surface area (Å²) >= 11 is 0. The molecule has 0 aromatic carbocycles. The lowest BCUT2D eigenvalue weighted by Crippen LogP contribution is -2.28. The first-order chi connectivity index (χ1) is 8.25. The van der Waals surface area contributed by atoms with Crippen molar-refractivity contribution in [2.24, 2.45) is 0 Å². The van der Waals surface area contributed by atoms with Crippen LogP contribution in [0.4, 0.5) is 5.69 Å². The molecule has 0 radical (unpaired) electrons. The van der Waals surface area contributed by atoms with E-state index in [0.29, 0.717) is 24.5 Å². The maximum atomic E-state index is 11.7. The van der Waals surface area contributed by atoms with Gasteiger partial charge >= 0.3 is 0 Å². The number of rotatable bonds is 4. The van der Waals surface area contributed by atoms with Crippen LogP contribution in [0.5, 0.6) is 0 Å². The van der Waals surface area contributed by atoms with E-state index in [2.05, 4.69) is 20.6 Å². The number of hydrogen-bond donors (Lipinski definition) is 2. The number of amides is 1. The average Bonchev–Trinajstić information content (AvgIpc) is 2.82. The first-order valence-electron chi connectivity index (χ1n) is 5.09. The van der Waals surface area contributed by atoms with Crippen LogP contribution in [0.1, 0.15) is 10.5 Å². The monoisotopic (exact) mass is 232 g/mol. The molecule has 0 saturated heterocycles. The number of carbonyl (C=O) groups is 1. The van der Waals surface area contributed by atoms with E-state index in [1.807, 2.05) is 0 Å². The molecule has 1 amide bonds. The second-order valence-corrected chi connectivity index (χ2v) is 3.40. The maximum absolute atomic E-state index is 11.7.